The average Bonchev–Trinajstić information content (AvgIpc) is 2.71. The highest BCUT2D eigenvalue weighted by atomic mass is 32.2. The lowest BCUT2D eigenvalue weighted by Crippen LogP contribution is -2.25. The zero-order valence-corrected chi connectivity index (χ0v) is 10.4. The number of amides is 1. The number of ether oxygens (including phenoxy) is 1. The van der Waals surface area contributed by atoms with E-state index in [-0.39, 0.29) is 18.8 Å². The summed E-state index contributed by atoms with van der Waals surface area (Å²) in [6, 6.07) is 8.08. The van der Waals surface area contributed by atoms with Gasteiger partial charge in [-0.15, -0.1) is 11.8 Å². The summed E-state index contributed by atoms with van der Waals surface area (Å²) in [7, 11) is 0. The molecule has 0 radical (unpaired) electrons. The predicted octanol–water partition coefficient (Wildman–Crippen LogP) is 1.72. The first-order chi connectivity index (χ1) is 8.22. The highest BCUT2D eigenvalue weighted by Gasteiger charge is 2.30. The molecule has 92 valence electrons. The predicted molar refractivity (Wildman–Crippen MR) is 66.0 cm³/mol. The molecule has 0 bridgehead atoms. The second kappa shape index (κ2) is 5.42. The van der Waals surface area contributed by atoms with Gasteiger partial charge in [0.25, 0.3) is 0 Å². The number of carbonyl (C=O) groups excluding carboxylic acids is 1. The maximum absolute atomic E-state index is 11.5. The lowest BCUT2D eigenvalue weighted by molar-refractivity contribution is 0.0947. The van der Waals surface area contributed by atoms with Crippen molar-refractivity contribution in [1.82, 2.24) is 4.90 Å². The molecule has 5 heteroatoms. The van der Waals surface area contributed by atoms with Crippen molar-refractivity contribution in [3.8, 4) is 0 Å². The molecule has 1 unspecified atom stereocenters. The van der Waals surface area contributed by atoms with E-state index in [9.17, 15) is 4.79 Å². The number of rotatable bonds is 4. The first-order valence-corrected chi connectivity index (χ1v) is 6.64. The summed E-state index contributed by atoms with van der Waals surface area (Å²) in [5, 5.41) is 8.93. The van der Waals surface area contributed by atoms with E-state index in [1.165, 1.54) is 4.90 Å². The number of nitrogens with zero attached hydrogens (tertiary/aromatic N) is 1. The molecule has 2 rings (SSSR count). The maximum atomic E-state index is 11.5. The number of hydrogen-bond donors (Lipinski definition) is 1. The molecule has 0 aromatic heterocycles. The van der Waals surface area contributed by atoms with Gasteiger partial charge in [0.1, 0.15) is 6.10 Å². The number of aliphatic hydroxyl groups is 1. The summed E-state index contributed by atoms with van der Waals surface area (Å²) in [6.07, 6.45) is 1.30. The normalized spacial score (nSPS) is 19.5. The summed E-state index contributed by atoms with van der Waals surface area (Å²) >= 11 is 1.69. The standard InChI is InChI=1S/C12H15NO3S/c1-17-11-4-2-9(3-5-11)6-13-7-10(8-14)16-12(13)15/h2-5,10,14H,6-8H2,1H3. The molecule has 1 aliphatic heterocycles. The molecule has 0 aliphatic carbocycles. The van der Waals surface area contributed by atoms with Gasteiger partial charge in [-0.3, -0.25) is 0 Å². The van der Waals surface area contributed by atoms with Gasteiger partial charge < -0.3 is 14.7 Å². The van der Waals surface area contributed by atoms with Gasteiger partial charge in [0, 0.05) is 11.4 Å². The minimum absolute atomic E-state index is 0.117. The Kier molecular flexibility index (Phi) is 3.91. The van der Waals surface area contributed by atoms with Crippen molar-refractivity contribution in [1.29, 1.82) is 0 Å². The third-order valence-corrected chi connectivity index (χ3v) is 3.43. The minimum atomic E-state index is -0.382. The van der Waals surface area contributed by atoms with E-state index < -0.39 is 0 Å². The molecule has 0 saturated carbocycles. The fourth-order valence-corrected chi connectivity index (χ4v) is 2.16. The van der Waals surface area contributed by atoms with Crippen molar-refractivity contribution in [2.45, 2.75) is 17.5 Å². The highest BCUT2D eigenvalue weighted by molar-refractivity contribution is 7.98. The molecule has 0 spiro atoms. The van der Waals surface area contributed by atoms with Gasteiger partial charge in [-0.1, -0.05) is 12.1 Å². The smallest absolute Gasteiger partial charge is 0.410 e. The molecule has 1 heterocycles. The van der Waals surface area contributed by atoms with Crippen molar-refractivity contribution in [2.75, 3.05) is 19.4 Å². The number of thioether (sulfide) groups is 1. The molecule has 17 heavy (non-hydrogen) atoms. The first-order valence-electron chi connectivity index (χ1n) is 5.42. The summed E-state index contributed by atoms with van der Waals surface area (Å²) in [4.78, 5) is 14.3. The molecular formula is C12H15NO3S. The zero-order chi connectivity index (χ0) is 12.3. The van der Waals surface area contributed by atoms with Crippen LogP contribution in [0.2, 0.25) is 0 Å². The lowest BCUT2D eigenvalue weighted by atomic mass is 10.2. The van der Waals surface area contributed by atoms with Gasteiger partial charge in [0.05, 0.1) is 13.2 Å². The monoisotopic (exact) mass is 253 g/mol. The van der Waals surface area contributed by atoms with E-state index in [1.807, 2.05) is 30.5 Å². The Hall–Kier alpha value is -1.20. The minimum Gasteiger partial charge on any atom is -0.442 e. The summed E-state index contributed by atoms with van der Waals surface area (Å²) < 4.78 is 4.97. The summed E-state index contributed by atoms with van der Waals surface area (Å²) in [6.45, 7) is 0.872. The SMILES string of the molecule is CSc1ccc(CN2CC(CO)OC2=O)cc1. The van der Waals surface area contributed by atoms with Crippen LogP contribution in [-0.4, -0.2) is 41.6 Å². The first kappa shape index (κ1) is 12.3. The molecule has 1 aromatic carbocycles. The summed E-state index contributed by atoms with van der Waals surface area (Å²) in [5.41, 5.74) is 1.07. The van der Waals surface area contributed by atoms with Crippen LogP contribution in [0.4, 0.5) is 4.79 Å². The largest absolute Gasteiger partial charge is 0.442 e. The fourth-order valence-electron chi connectivity index (χ4n) is 1.75. The summed E-state index contributed by atoms with van der Waals surface area (Å²) in [5.74, 6) is 0. The molecule has 1 aromatic rings. The van der Waals surface area contributed by atoms with Gasteiger partial charge in [0.2, 0.25) is 0 Å². The van der Waals surface area contributed by atoms with Gasteiger partial charge >= 0.3 is 6.09 Å². The molecule has 1 saturated heterocycles. The van der Waals surface area contributed by atoms with E-state index in [0.29, 0.717) is 13.1 Å². The van der Waals surface area contributed by atoms with Gasteiger partial charge in [-0.05, 0) is 24.0 Å². The van der Waals surface area contributed by atoms with Crippen LogP contribution in [0.1, 0.15) is 5.56 Å². The Morgan fingerprint density at radius 2 is 2.18 bits per heavy atom. The lowest BCUT2D eigenvalue weighted by Gasteiger charge is -2.12. The van der Waals surface area contributed by atoms with Crippen LogP contribution in [0.3, 0.4) is 0 Å². The van der Waals surface area contributed by atoms with Crippen LogP contribution in [0.25, 0.3) is 0 Å². The maximum Gasteiger partial charge on any atom is 0.410 e. The number of cyclic esters (lactones) is 1. The van der Waals surface area contributed by atoms with Gasteiger partial charge in [-0.2, -0.15) is 0 Å². The highest BCUT2D eigenvalue weighted by Crippen LogP contribution is 2.18. The van der Waals surface area contributed by atoms with Crippen molar-refractivity contribution >= 4 is 17.9 Å². The fraction of sp³-hybridized carbons (Fsp3) is 0.417. The van der Waals surface area contributed by atoms with Crippen LogP contribution in [0, 0.1) is 0 Å². The van der Waals surface area contributed by atoms with Crippen molar-refractivity contribution in [3.63, 3.8) is 0 Å². The second-order valence-electron chi connectivity index (χ2n) is 3.92. The van der Waals surface area contributed by atoms with Crippen molar-refractivity contribution < 1.29 is 14.6 Å². The van der Waals surface area contributed by atoms with Gasteiger partial charge in [0.15, 0.2) is 0 Å². The Labute approximate surface area is 105 Å². The Balaban J connectivity index is 1.98. The van der Waals surface area contributed by atoms with Crippen LogP contribution in [-0.2, 0) is 11.3 Å². The quantitative estimate of drug-likeness (QED) is 0.830. The van der Waals surface area contributed by atoms with E-state index in [0.717, 1.165) is 5.56 Å². The molecule has 1 amide bonds. The Bertz CT molecular complexity index is 393. The van der Waals surface area contributed by atoms with Crippen molar-refractivity contribution in [3.05, 3.63) is 29.8 Å². The Morgan fingerprint density at radius 3 is 2.71 bits per heavy atom. The topological polar surface area (TPSA) is 49.8 Å². The van der Waals surface area contributed by atoms with E-state index in [2.05, 4.69) is 0 Å². The second-order valence-corrected chi connectivity index (χ2v) is 4.80. The van der Waals surface area contributed by atoms with Crippen LogP contribution < -0.4 is 0 Å². The molecule has 1 fully saturated rings. The molecule has 1 aliphatic rings. The third kappa shape index (κ3) is 2.92. The number of benzene rings is 1. The number of aliphatic hydroxyl groups excluding tert-OH is 1. The molecule has 1 N–H and O–H groups in total. The molecule has 1 atom stereocenters. The molecular weight excluding hydrogens is 238 g/mol. The van der Waals surface area contributed by atoms with E-state index >= 15 is 0 Å². The van der Waals surface area contributed by atoms with Crippen LogP contribution in [0.5, 0.6) is 0 Å². The Morgan fingerprint density at radius 1 is 1.47 bits per heavy atom. The van der Waals surface area contributed by atoms with E-state index in [1.54, 1.807) is 16.7 Å². The van der Waals surface area contributed by atoms with E-state index in [4.69, 9.17) is 9.84 Å². The van der Waals surface area contributed by atoms with Crippen LogP contribution in [0.15, 0.2) is 29.2 Å². The number of carbonyl (C=O) groups is 1. The van der Waals surface area contributed by atoms with Crippen molar-refractivity contribution in [2.24, 2.45) is 0 Å². The zero-order valence-electron chi connectivity index (χ0n) is 9.63. The third-order valence-electron chi connectivity index (χ3n) is 2.69. The van der Waals surface area contributed by atoms with Gasteiger partial charge in [-0.25, -0.2) is 4.79 Å². The molecule has 4 nitrogen and oxygen atoms in total. The van der Waals surface area contributed by atoms with Crippen LogP contribution >= 0.6 is 11.8 Å². The average molecular weight is 253 g/mol. The number of hydrogen-bond acceptors (Lipinski definition) is 4.